The molecular formula is C29H30F3N5O3. The number of alkyl halides is 3. The van der Waals surface area contributed by atoms with Gasteiger partial charge in [-0.05, 0) is 43.7 Å². The number of aryl methyl sites for hydroxylation is 1. The molecule has 40 heavy (non-hydrogen) atoms. The molecule has 3 heterocycles. The molecule has 4 aromatic rings. The molecule has 5 rings (SSSR count). The minimum Gasteiger partial charge on any atom is -0.497 e. The zero-order valence-electron chi connectivity index (χ0n) is 22.4. The normalized spacial score (nSPS) is 15.4. The zero-order valence-corrected chi connectivity index (χ0v) is 22.4. The molecule has 1 aliphatic rings. The van der Waals surface area contributed by atoms with Gasteiger partial charge in [0.1, 0.15) is 11.3 Å². The van der Waals surface area contributed by atoms with E-state index in [1.807, 2.05) is 31.2 Å². The Labute approximate surface area is 229 Å². The van der Waals surface area contributed by atoms with Crippen LogP contribution in [0.4, 0.5) is 13.2 Å². The van der Waals surface area contributed by atoms with E-state index in [4.69, 9.17) is 4.74 Å². The number of nitrogens with zero attached hydrogens (tertiary/aromatic N) is 5. The summed E-state index contributed by atoms with van der Waals surface area (Å²) in [6.45, 7) is 4.98. The van der Waals surface area contributed by atoms with Crippen LogP contribution in [0, 0.1) is 13.8 Å². The molecule has 0 unspecified atom stereocenters. The Kier molecular flexibility index (Phi) is 7.52. The number of amides is 1. The molecular weight excluding hydrogens is 523 g/mol. The maximum Gasteiger partial charge on any atom is 0.433 e. The van der Waals surface area contributed by atoms with Gasteiger partial charge >= 0.3 is 6.18 Å². The van der Waals surface area contributed by atoms with Crippen LogP contribution in [0.3, 0.4) is 0 Å². The van der Waals surface area contributed by atoms with Gasteiger partial charge < -0.3 is 14.7 Å². The van der Waals surface area contributed by atoms with E-state index in [0.29, 0.717) is 42.0 Å². The first-order chi connectivity index (χ1) is 19.1. The molecule has 0 spiro atoms. The first kappa shape index (κ1) is 27.6. The fourth-order valence-corrected chi connectivity index (χ4v) is 5.30. The lowest BCUT2D eigenvalue weighted by Crippen LogP contribution is -2.50. The van der Waals surface area contributed by atoms with Crippen molar-refractivity contribution in [1.29, 1.82) is 0 Å². The highest BCUT2D eigenvalue weighted by Crippen LogP contribution is 2.37. The first-order valence-electron chi connectivity index (χ1n) is 12.9. The number of aliphatic hydroxyl groups excluding tert-OH is 1. The van der Waals surface area contributed by atoms with E-state index < -0.39 is 17.8 Å². The molecule has 1 saturated heterocycles. The highest BCUT2D eigenvalue weighted by atomic mass is 19.4. The number of rotatable bonds is 6. The van der Waals surface area contributed by atoms with Crippen LogP contribution in [-0.4, -0.2) is 75.3 Å². The summed E-state index contributed by atoms with van der Waals surface area (Å²) in [6.07, 6.45) is -3.56. The summed E-state index contributed by atoms with van der Waals surface area (Å²) in [4.78, 5) is 21.8. The molecule has 1 atom stereocenters. The molecule has 0 aliphatic carbocycles. The summed E-state index contributed by atoms with van der Waals surface area (Å²) in [5.74, 6) is 0.125. The maximum atomic E-state index is 14.2. The third kappa shape index (κ3) is 5.14. The Morgan fingerprint density at radius 1 is 1.07 bits per heavy atom. The van der Waals surface area contributed by atoms with Crippen LogP contribution in [-0.2, 0) is 6.18 Å². The van der Waals surface area contributed by atoms with E-state index >= 15 is 0 Å². The van der Waals surface area contributed by atoms with E-state index in [1.165, 1.54) is 14.0 Å². The average molecular weight is 554 g/mol. The lowest BCUT2D eigenvalue weighted by Gasteiger charge is -2.38. The van der Waals surface area contributed by atoms with Crippen molar-refractivity contribution in [3.8, 4) is 17.0 Å². The summed E-state index contributed by atoms with van der Waals surface area (Å²) in [6, 6.07) is 14.3. The van der Waals surface area contributed by atoms with Crippen LogP contribution in [0.15, 0.2) is 54.7 Å². The fraction of sp³-hybridized carbons (Fsp3) is 0.345. The first-order valence-corrected chi connectivity index (χ1v) is 12.9. The molecule has 1 amide bonds. The van der Waals surface area contributed by atoms with Crippen LogP contribution in [0.2, 0.25) is 0 Å². The predicted octanol–water partition coefficient (Wildman–Crippen LogP) is 4.53. The van der Waals surface area contributed by atoms with Gasteiger partial charge in [0.2, 0.25) is 0 Å². The maximum absolute atomic E-state index is 14.2. The number of fused-ring (bicyclic) bond motifs is 1. The molecule has 1 fully saturated rings. The van der Waals surface area contributed by atoms with Crippen molar-refractivity contribution in [1.82, 2.24) is 24.4 Å². The Balaban J connectivity index is 1.45. The second-order valence-corrected chi connectivity index (χ2v) is 9.89. The van der Waals surface area contributed by atoms with E-state index in [0.717, 1.165) is 17.3 Å². The van der Waals surface area contributed by atoms with Crippen molar-refractivity contribution in [2.24, 2.45) is 0 Å². The van der Waals surface area contributed by atoms with Crippen LogP contribution >= 0.6 is 0 Å². The summed E-state index contributed by atoms with van der Waals surface area (Å²) in [5.41, 5.74) is 1.46. The van der Waals surface area contributed by atoms with E-state index in [9.17, 15) is 23.1 Å². The van der Waals surface area contributed by atoms with Gasteiger partial charge in [-0.25, -0.2) is 9.50 Å². The van der Waals surface area contributed by atoms with Crippen LogP contribution < -0.4 is 4.74 Å². The van der Waals surface area contributed by atoms with Crippen LogP contribution in [0.25, 0.3) is 16.9 Å². The molecule has 11 heteroatoms. The lowest BCUT2D eigenvalue weighted by molar-refractivity contribution is -0.143. The number of halogens is 3. The predicted molar refractivity (Wildman–Crippen MR) is 143 cm³/mol. The molecule has 2 aromatic carbocycles. The second-order valence-electron chi connectivity index (χ2n) is 9.89. The molecule has 210 valence electrons. The molecule has 0 bridgehead atoms. The molecule has 1 N–H and O–H groups in total. The van der Waals surface area contributed by atoms with Gasteiger partial charge in [-0.1, -0.05) is 29.8 Å². The molecule has 1 aliphatic heterocycles. The minimum absolute atomic E-state index is 0.00565. The van der Waals surface area contributed by atoms with Gasteiger partial charge in [-0.15, -0.1) is 0 Å². The third-order valence-electron chi connectivity index (χ3n) is 7.39. The highest BCUT2D eigenvalue weighted by Gasteiger charge is 2.39. The number of piperazine rings is 1. The van der Waals surface area contributed by atoms with Crippen molar-refractivity contribution in [2.45, 2.75) is 26.1 Å². The average Bonchev–Trinajstić information content (AvgIpc) is 3.35. The highest BCUT2D eigenvalue weighted by molar-refractivity contribution is 6.00. The van der Waals surface area contributed by atoms with Crippen molar-refractivity contribution in [2.75, 3.05) is 39.9 Å². The topological polar surface area (TPSA) is 83.2 Å². The van der Waals surface area contributed by atoms with Gasteiger partial charge in [-0.2, -0.15) is 18.3 Å². The number of aliphatic hydroxyl groups is 1. The third-order valence-corrected chi connectivity index (χ3v) is 7.39. The summed E-state index contributed by atoms with van der Waals surface area (Å²) in [7, 11) is 1.50. The Bertz CT molecular complexity index is 1530. The summed E-state index contributed by atoms with van der Waals surface area (Å²) >= 11 is 0. The number of hydrogen-bond acceptors (Lipinski definition) is 6. The Morgan fingerprint density at radius 3 is 2.38 bits per heavy atom. The minimum atomic E-state index is -4.72. The quantitative estimate of drug-likeness (QED) is 0.378. The van der Waals surface area contributed by atoms with E-state index in [2.05, 4.69) is 15.0 Å². The summed E-state index contributed by atoms with van der Waals surface area (Å²) in [5, 5.41) is 14.0. The molecule has 0 radical (unpaired) electrons. The van der Waals surface area contributed by atoms with Crippen molar-refractivity contribution in [3.63, 3.8) is 0 Å². The Hall–Kier alpha value is -3.96. The largest absolute Gasteiger partial charge is 0.497 e. The molecule has 8 nitrogen and oxygen atoms in total. The number of hydrogen-bond donors (Lipinski definition) is 1. The molecule has 2 aromatic heterocycles. The number of carbonyl (C=O) groups excluding carboxylic acids is 1. The second kappa shape index (κ2) is 10.9. The van der Waals surface area contributed by atoms with Crippen molar-refractivity contribution >= 4 is 11.6 Å². The number of carbonyl (C=O) groups is 1. The standard InChI is InChI=1S/C29H30F3N5O3/c1-18-5-4-6-21(15-18)24(17-38)35-11-13-36(14-12-35)28(39)23-16-33-37-26(29(30,31)32)19(2)25(34-27(23)37)20-7-9-22(40-3)10-8-20/h4-10,15-16,24,38H,11-14,17H2,1-3H3/t24-/m1/s1. The number of aromatic nitrogens is 3. The van der Waals surface area contributed by atoms with Crippen molar-refractivity contribution < 1.29 is 27.8 Å². The van der Waals surface area contributed by atoms with Crippen LogP contribution in [0.1, 0.15) is 38.8 Å². The smallest absolute Gasteiger partial charge is 0.433 e. The number of benzene rings is 2. The SMILES string of the molecule is COc1ccc(-c2nc3c(C(=O)N4CCN([C@H](CO)c5cccc(C)c5)CC4)cnn3c(C(F)(F)F)c2C)cc1. The van der Waals surface area contributed by atoms with Gasteiger partial charge in [0.05, 0.1) is 31.6 Å². The summed E-state index contributed by atoms with van der Waals surface area (Å²) < 4.78 is 48.6. The monoisotopic (exact) mass is 553 g/mol. The zero-order chi connectivity index (χ0) is 28.6. The number of ether oxygens (including phenoxy) is 1. The molecule has 0 saturated carbocycles. The van der Waals surface area contributed by atoms with Crippen LogP contribution in [0.5, 0.6) is 5.75 Å². The van der Waals surface area contributed by atoms with Gasteiger partial charge in [0.15, 0.2) is 11.3 Å². The van der Waals surface area contributed by atoms with Gasteiger partial charge in [0, 0.05) is 37.3 Å². The van der Waals surface area contributed by atoms with Gasteiger partial charge in [-0.3, -0.25) is 9.69 Å². The Morgan fingerprint density at radius 2 is 1.77 bits per heavy atom. The van der Waals surface area contributed by atoms with E-state index in [-0.39, 0.29) is 35.1 Å². The van der Waals surface area contributed by atoms with Crippen molar-refractivity contribution in [3.05, 3.63) is 82.7 Å². The lowest BCUT2D eigenvalue weighted by atomic mass is 10.0. The van der Waals surface area contributed by atoms with E-state index in [1.54, 1.807) is 29.2 Å². The number of methoxy groups -OCH3 is 1. The fourth-order valence-electron chi connectivity index (χ4n) is 5.30. The van der Waals surface area contributed by atoms with Gasteiger partial charge in [0.25, 0.3) is 5.91 Å².